The van der Waals surface area contributed by atoms with Crippen LogP contribution in [0.1, 0.15) is 16.8 Å². The molecule has 0 aliphatic carbocycles. The molecular formula is C14H14BrFN2. The highest BCUT2D eigenvalue weighted by atomic mass is 79.9. The van der Waals surface area contributed by atoms with Gasteiger partial charge in [0.05, 0.1) is 11.4 Å². The number of aryl methyl sites for hydroxylation is 2. The number of pyridine rings is 1. The quantitative estimate of drug-likeness (QED) is 0.859. The summed E-state index contributed by atoms with van der Waals surface area (Å²) in [5, 5.41) is 3.25. The van der Waals surface area contributed by atoms with Crippen molar-refractivity contribution in [3.05, 3.63) is 57.6 Å². The number of aromatic nitrogens is 1. The molecule has 0 aliphatic rings. The second-order valence-electron chi connectivity index (χ2n) is 4.20. The minimum Gasteiger partial charge on any atom is -0.379 e. The van der Waals surface area contributed by atoms with Crippen LogP contribution in [-0.4, -0.2) is 4.98 Å². The summed E-state index contributed by atoms with van der Waals surface area (Å²) in [4.78, 5) is 4.30. The lowest BCUT2D eigenvalue weighted by Gasteiger charge is -2.09. The van der Waals surface area contributed by atoms with Crippen molar-refractivity contribution in [1.82, 2.24) is 4.98 Å². The highest BCUT2D eigenvalue weighted by Crippen LogP contribution is 2.17. The van der Waals surface area contributed by atoms with E-state index in [4.69, 9.17) is 0 Å². The molecule has 94 valence electrons. The minimum absolute atomic E-state index is 0.167. The van der Waals surface area contributed by atoms with Gasteiger partial charge in [0.25, 0.3) is 0 Å². The molecule has 0 fully saturated rings. The molecule has 0 saturated heterocycles. The van der Waals surface area contributed by atoms with Crippen molar-refractivity contribution in [2.24, 2.45) is 0 Å². The second-order valence-corrected chi connectivity index (χ2v) is 5.02. The van der Waals surface area contributed by atoms with Crippen LogP contribution in [0, 0.1) is 19.7 Å². The third kappa shape index (κ3) is 3.07. The smallest absolute Gasteiger partial charge is 0.126 e. The van der Waals surface area contributed by atoms with Gasteiger partial charge < -0.3 is 5.32 Å². The maximum atomic E-state index is 13.4. The molecule has 1 heterocycles. The van der Waals surface area contributed by atoms with E-state index in [1.54, 1.807) is 19.1 Å². The number of halogens is 2. The topological polar surface area (TPSA) is 24.9 Å². The van der Waals surface area contributed by atoms with E-state index in [2.05, 4.69) is 26.2 Å². The SMILES string of the molecule is Cc1ccc(CNc2ccc(Br)nc2C)cc1F. The molecule has 0 unspecified atom stereocenters. The predicted octanol–water partition coefficient (Wildman–Crippen LogP) is 4.21. The van der Waals surface area contributed by atoms with Gasteiger partial charge in [-0.15, -0.1) is 0 Å². The molecule has 2 nitrogen and oxygen atoms in total. The van der Waals surface area contributed by atoms with E-state index >= 15 is 0 Å². The van der Waals surface area contributed by atoms with Crippen molar-refractivity contribution in [2.75, 3.05) is 5.32 Å². The number of anilines is 1. The number of nitrogens with zero attached hydrogens (tertiary/aromatic N) is 1. The van der Waals surface area contributed by atoms with Crippen molar-refractivity contribution in [3.8, 4) is 0 Å². The minimum atomic E-state index is -0.167. The molecule has 0 aliphatic heterocycles. The zero-order valence-corrected chi connectivity index (χ0v) is 11.9. The van der Waals surface area contributed by atoms with Crippen LogP contribution in [0.25, 0.3) is 0 Å². The second kappa shape index (κ2) is 5.48. The maximum Gasteiger partial charge on any atom is 0.126 e. The van der Waals surface area contributed by atoms with Crippen molar-refractivity contribution >= 4 is 21.6 Å². The van der Waals surface area contributed by atoms with Crippen LogP contribution < -0.4 is 5.32 Å². The highest BCUT2D eigenvalue weighted by Gasteiger charge is 2.02. The van der Waals surface area contributed by atoms with Crippen LogP contribution in [0.15, 0.2) is 34.9 Å². The zero-order chi connectivity index (χ0) is 13.1. The monoisotopic (exact) mass is 308 g/mol. The van der Waals surface area contributed by atoms with E-state index in [1.165, 1.54) is 0 Å². The fraction of sp³-hybridized carbons (Fsp3) is 0.214. The molecule has 0 bridgehead atoms. The maximum absolute atomic E-state index is 13.4. The molecule has 1 N–H and O–H groups in total. The molecule has 0 atom stereocenters. The average Bonchev–Trinajstić information content (AvgIpc) is 2.32. The van der Waals surface area contributed by atoms with E-state index in [-0.39, 0.29) is 5.82 Å². The van der Waals surface area contributed by atoms with Crippen LogP contribution in [0.4, 0.5) is 10.1 Å². The van der Waals surface area contributed by atoms with Gasteiger partial charge in [-0.2, -0.15) is 0 Å². The van der Waals surface area contributed by atoms with Gasteiger partial charge >= 0.3 is 0 Å². The van der Waals surface area contributed by atoms with E-state index in [0.717, 1.165) is 21.5 Å². The van der Waals surface area contributed by atoms with Gasteiger partial charge in [-0.1, -0.05) is 12.1 Å². The van der Waals surface area contributed by atoms with E-state index < -0.39 is 0 Å². The number of nitrogens with one attached hydrogen (secondary N) is 1. The largest absolute Gasteiger partial charge is 0.379 e. The van der Waals surface area contributed by atoms with Crippen molar-refractivity contribution in [1.29, 1.82) is 0 Å². The molecule has 1 aromatic carbocycles. The number of hydrogen-bond acceptors (Lipinski definition) is 2. The lowest BCUT2D eigenvalue weighted by atomic mass is 10.1. The Morgan fingerprint density at radius 2 is 2.00 bits per heavy atom. The number of rotatable bonds is 3. The van der Waals surface area contributed by atoms with Gasteiger partial charge in [-0.05, 0) is 59.1 Å². The third-order valence-corrected chi connectivity index (χ3v) is 3.21. The van der Waals surface area contributed by atoms with E-state index in [0.29, 0.717) is 12.1 Å². The third-order valence-electron chi connectivity index (χ3n) is 2.77. The van der Waals surface area contributed by atoms with Crippen LogP contribution in [-0.2, 0) is 6.54 Å². The average molecular weight is 309 g/mol. The first-order valence-electron chi connectivity index (χ1n) is 5.68. The lowest BCUT2D eigenvalue weighted by Crippen LogP contribution is -2.02. The van der Waals surface area contributed by atoms with Crippen LogP contribution in [0.5, 0.6) is 0 Å². The molecule has 4 heteroatoms. The predicted molar refractivity (Wildman–Crippen MR) is 75.1 cm³/mol. The van der Waals surface area contributed by atoms with E-state index in [9.17, 15) is 4.39 Å². The Hall–Kier alpha value is -1.42. The molecule has 1 aromatic heterocycles. The summed E-state index contributed by atoms with van der Waals surface area (Å²) in [5.74, 6) is -0.167. The summed E-state index contributed by atoms with van der Waals surface area (Å²) in [6.45, 7) is 4.28. The summed E-state index contributed by atoms with van der Waals surface area (Å²) in [5.41, 5.74) is 3.46. The summed E-state index contributed by atoms with van der Waals surface area (Å²) < 4.78 is 14.2. The van der Waals surface area contributed by atoms with Gasteiger partial charge in [0.2, 0.25) is 0 Å². The summed E-state index contributed by atoms with van der Waals surface area (Å²) in [6, 6.07) is 9.11. The first kappa shape index (κ1) is 13.0. The Kier molecular flexibility index (Phi) is 3.97. The fourth-order valence-corrected chi connectivity index (χ4v) is 2.06. The van der Waals surface area contributed by atoms with Crippen LogP contribution in [0.2, 0.25) is 0 Å². The first-order chi connectivity index (χ1) is 8.56. The van der Waals surface area contributed by atoms with Gasteiger partial charge in [-0.3, -0.25) is 0 Å². The Balaban J connectivity index is 2.09. The van der Waals surface area contributed by atoms with Gasteiger partial charge in [-0.25, -0.2) is 9.37 Å². The molecule has 0 saturated carbocycles. The Bertz CT molecular complexity index is 570. The normalized spacial score (nSPS) is 10.4. The van der Waals surface area contributed by atoms with Crippen LogP contribution >= 0.6 is 15.9 Å². The lowest BCUT2D eigenvalue weighted by molar-refractivity contribution is 0.616. The summed E-state index contributed by atoms with van der Waals surface area (Å²) in [7, 11) is 0. The molecule has 0 amide bonds. The molecular weight excluding hydrogens is 295 g/mol. The van der Waals surface area contributed by atoms with Crippen molar-refractivity contribution in [3.63, 3.8) is 0 Å². The van der Waals surface area contributed by atoms with Crippen molar-refractivity contribution < 1.29 is 4.39 Å². The zero-order valence-electron chi connectivity index (χ0n) is 10.3. The molecule has 0 spiro atoms. The standard InChI is InChI=1S/C14H14BrFN2/c1-9-3-4-11(7-12(9)16)8-17-13-5-6-14(15)18-10(13)2/h3-7,17H,8H2,1-2H3. The van der Waals surface area contributed by atoms with E-state index in [1.807, 2.05) is 25.1 Å². The Labute approximate surface area is 114 Å². The Morgan fingerprint density at radius 3 is 2.67 bits per heavy atom. The van der Waals surface area contributed by atoms with Gasteiger partial charge in [0.1, 0.15) is 10.4 Å². The summed E-state index contributed by atoms with van der Waals surface area (Å²) in [6.07, 6.45) is 0. The Morgan fingerprint density at radius 1 is 1.22 bits per heavy atom. The first-order valence-corrected chi connectivity index (χ1v) is 6.47. The number of benzene rings is 1. The molecule has 2 rings (SSSR count). The van der Waals surface area contributed by atoms with Gasteiger partial charge in [0.15, 0.2) is 0 Å². The number of hydrogen-bond donors (Lipinski definition) is 1. The molecule has 2 aromatic rings. The van der Waals surface area contributed by atoms with Crippen molar-refractivity contribution in [2.45, 2.75) is 20.4 Å². The summed E-state index contributed by atoms with van der Waals surface area (Å²) >= 11 is 3.32. The van der Waals surface area contributed by atoms with Gasteiger partial charge in [0, 0.05) is 6.54 Å². The highest BCUT2D eigenvalue weighted by molar-refractivity contribution is 9.10. The van der Waals surface area contributed by atoms with Crippen LogP contribution in [0.3, 0.4) is 0 Å². The molecule has 18 heavy (non-hydrogen) atoms. The molecule has 0 radical (unpaired) electrons. The fourth-order valence-electron chi connectivity index (χ4n) is 1.66.